The van der Waals surface area contributed by atoms with Gasteiger partial charge in [-0.05, 0) is 24.6 Å². The van der Waals surface area contributed by atoms with Gasteiger partial charge in [-0.15, -0.1) is 0 Å². The highest BCUT2D eigenvalue weighted by atomic mass is 19.4. The molecule has 2 heterocycles. The van der Waals surface area contributed by atoms with E-state index in [1.807, 2.05) is 5.32 Å². The van der Waals surface area contributed by atoms with E-state index in [0.717, 1.165) is 6.20 Å². The van der Waals surface area contributed by atoms with Crippen molar-refractivity contribution in [2.24, 2.45) is 0 Å². The van der Waals surface area contributed by atoms with Crippen LogP contribution in [0.15, 0.2) is 30.5 Å². The fourth-order valence-corrected chi connectivity index (χ4v) is 3.32. The number of carbonyl (C=O) groups is 1. The molecule has 11 heteroatoms. The molecule has 0 saturated carbocycles. The molecule has 2 unspecified atom stereocenters. The van der Waals surface area contributed by atoms with Crippen LogP contribution in [0, 0.1) is 5.82 Å². The Balaban J connectivity index is 1.58. The van der Waals surface area contributed by atoms with Gasteiger partial charge in [-0.1, -0.05) is 12.1 Å². The number of anilines is 2. The van der Waals surface area contributed by atoms with E-state index < -0.39 is 30.4 Å². The molecule has 1 amide bonds. The molecule has 1 aromatic carbocycles. The Morgan fingerprint density at radius 1 is 1.31 bits per heavy atom. The zero-order valence-corrected chi connectivity index (χ0v) is 18.0. The molecule has 1 fully saturated rings. The van der Waals surface area contributed by atoms with Crippen molar-refractivity contribution in [3.05, 3.63) is 41.8 Å². The number of aromatic nitrogens is 2. The second kappa shape index (κ2) is 9.58. The molecule has 3 rings (SSSR count). The van der Waals surface area contributed by atoms with Gasteiger partial charge in [0.1, 0.15) is 18.4 Å². The van der Waals surface area contributed by atoms with Crippen LogP contribution in [0.3, 0.4) is 0 Å². The molecule has 2 atom stereocenters. The van der Waals surface area contributed by atoms with Crippen molar-refractivity contribution in [1.29, 1.82) is 0 Å². The van der Waals surface area contributed by atoms with Gasteiger partial charge in [-0.25, -0.2) is 9.37 Å². The Bertz CT molecular complexity index is 937. The van der Waals surface area contributed by atoms with E-state index in [2.05, 4.69) is 9.97 Å². The fourth-order valence-electron chi connectivity index (χ4n) is 3.32. The van der Waals surface area contributed by atoms with Gasteiger partial charge >= 0.3 is 6.18 Å². The molecule has 0 bridgehead atoms. The lowest BCUT2D eigenvalue weighted by Gasteiger charge is -2.20. The number of rotatable bonds is 7. The fraction of sp³-hybridized carbons (Fsp3) is 0.476. The molecule has 1 aliphatic rings. The number of hydrogen-bond acceptors (Lipinski definition) is 6. The Morgan fingerprint density at radius 3 is 2.62 bits per heavy atom. The van der Waals surface area contributed by atoms with Crippen LogP contribution in [0.2, 0.25) is 0 Å². The third kappa shape index (κ3) is 5.98. The number of hydrogen-bond donors (Lipinski definition) is 1. The highest BCUT2D eigenvalue weighted by molar-refractivity contribution is 5.83. The van der Waals surface area contributed by atoms with Crippen molar-refractivity contribution in [3.8, 4) is 5.75 Å². The van der Waals surface area contributed by atoms with Gasteiger partial charge < -0.3 is 19.9 Å². The first-order valence-corrected chi connectivity index (χ1v) is 10.1. The molecular weight excluding hydrogens is 430 g/mol. The number of benzene rings is 1. The predicted molar refractivity (Wildman–Crippen MR) is 111 cm³/mol. The zero-order chi connectivity index (χ0) is 23.5. The summed E-state index contributed by atoms with van der Waals surface area (Å²) in [5.41, 5.74) is 0.573. The van der Waals surface area contributed by atoms with Crippen LogP contribution in [0.1, 0.15) is 24.8 Å². The minimum absolute atomic E-state index is 0.189. The van der Waals surface area contributed by atoms with E-state index >= 15 is 0 Å². The van der Waals surface area contributed by atoms with Gasteiger partial charge in [-0.3, -0.25) is 4.79 Å². The molecule has 1 aromatic heterocycles. The minimum Gasteiger partial charge on any atom is -0.489 e. The summed E-state index contributed by atoms with van der Waals surface area (Å²) in [6.45, 7) is 1.19. The summed E-state index contributed by atoms with van der Waals surface area (Å²) in [6.07, 6.45) is -2.83. The Kier molecular flexibility index (Phi) is 7.05. The van der Waals surface area contributed by atoms with E-state index in [1.165, 1.54) is 6.92 Å². The summed E-state index contributed by atoms with van der Waals surface area (Å²) in [6, 6.07) is 6.63. The molecule has 32 heavy (non-hydrogen) atoms. The van der Waals surface area contributed by atoms with Crippen LogP contribution < -0.4 is 19.9 Å². The van der Waals surface area contributed by atoms with E-state index in [-0.39, 0.29) is 11.9 Å². The first-order chi connectivity index (χ1) is 15.0. The number of carbonyl (C=O) groups excluding carboxylic acids is 1. The first-order valence-electron chi connectivity index (χ1n) is 10.1. The predicted octanol–water partition coefficient (Wildman–Crippen LogP) is 3.12. The first kappa shape index (κ1) is 23.6. The van der Waals surface area contributed by atoms with Gasteiger partial charge in [0.15, 0.2) is 11.6 Å². The Morgan fingerprint density at radius 2 is 2.00 bits per heavy atom. The van der Waals surface area contributed by atoms with Crippen molar-refractivity contribution >= 4 is 17.7 Å². The molecule has 0 spiro atoms. The molecule has 1 aliphatic heterocycles. The van der Waals surface area contributed by atoms with E-state index in [9.17, 15) is 22.4 Å². The summed E-state index contributed by atoms with van der Waals surface area (Å²) in [5, 5.41) is 1.89. The van der Waals surface area contributed by atoms with Gasteiger partial charge in [0.05, 0.1) is 18.7 Å². The summed E-state index contributed by atoms with van der Waals surface area (Å²) in [4.78, 5) is 23.6. The summed E-state index contributed by atoms with van der Waals surface area (Å²) < 4.78 is 57.0. The lowest BCUT2D eigenvalue weighted by atomic mass is 10.0. The van der Waals surface area contributed by atoms with Gasteiger partial charge in [0.25, 0.3) is 0 Å². The Labute approximate surface area is 183 Å². The average molecular weight is 455 g/mol. The topological polar surface area (TPSA) is 70.6 Å². The monoisotopic (exact) mass is 455 g/mol. The number of ether oxygens (including phenoxy) is 1. The number of alkyl halides is 3. The second-order valence-corrected chi connectivity index (χ2v) is 7.83. The van der Waals surface area contributed by atoms with Gasteiger partial charge in [0.2, 0.25) is 11.9 Å². The SMILES string of the molecule is CC(C(=O)NCC(F)(F)F)c1ccc(OC2CCN(c3nc(N(C)C)ncc3F)C2)cc1. The smallest absolute Gasteiger partial charge is 0.405 e. The van der Waals surface area contributed by atoms with Crippen LogP contribution in [0.25, 0.3) is 0 Å². The summed E-state index contributed by atoms with van der Waals surface area (Å²) in [5.74, 6) is -0.746. The minimum atomic E-state index is -4.45. The van der Waals surface area contributed by atoms with Gasteiger partial charge in [-0.2, -0.15) is 18.2 Å². The lowest BCUT2D eigenvalue weighted by Crippen LogP contribution is -2.36. The van der Waals surface area contributed by atoms with Gasteiger partial charge in [0, 0.05) is 27.1 Å². The summed E-state index contributed by atoms with van der Waals surface area (Å²) in [7, 11) is 3.55. The summed E-state index contributed by atoms with van der Waals surface area (Å²) >= 11 is 0. The molecule has 1 N–H and O–H groups in total. The van der Waals surface area contributed by atoms with Crippen molar-refractivity contribution in [2.75, 3.05) is 43.5 Å². The quantitative estimate of drug-likeness (QED) is 0.647. The van der Waals surface area contributed by atoms with Crippen molar-refractivity contribution in [2.45, 2.75) is 31.5 Å². The standard InChI is InChI=1S/C21H25F4N5O2/c1-13(19(31)27-12-21(23,24)25)14-4-6-15(7-5-14)32-16-8-9-30(11-16)18-17(22)10-26-20(28-18)29(2)3/h4-7,10,13,16H,8-9,11-12H2,1-3H3,(H,27,31). The molecular formula is C21H25F4N5O2. The van der Waals surface area contributed by atoms with Crippen molar-refractivity contribution in [1.82, 2.24) is 15.3 Å². The number of nitrogens with zero attached hydrogens (tertiary/aromatic N) is 4. The number of nitrogens with one attached hydrogen (secondary N) is 1. The van der Waals surface area contributed by atoms with Crippen LogP contribution in [-0.2, 0) is 4.79 Å². The highest BCUT2D eigenvalue weighted by Crippen LogP contribution is 2.26. The maximum absolute atomic E-state index is 14.2. The molecule has 1 saturated heterocycles. The van der Waals surface area contributed by atoms with Crippen molar-refractivity contribution < 1.29 is 27.1 Å². The van der Waals surface area contributed by atoms with Crippen LogP contribution >= 0.6 is 0 Å². The lowest BCUT2D eigenvalue weighted by molar-refractivity contribution is -0.139. The van der Waals surface area contributed by atoms with E-state index in [4.69, 9.17) is 4.74 Å². The largest absolute Gasteiger partial charge is 0.489 e. The van der Waals surface area contributed by atoms with Crippen LogP contribution in [0.5, 0.6) is 5.75 Å². The molecule has 0 aliphatic carbocycles. The third-order valence-electron chi connectivity index (χ3n) is 5.10. The van der Waals surface area contributed by atoms with Crippen molar-refractivity contribution in [3.63, 3.8) is 0 Å². The molecule has 174 valence electrons. The van der Waals surface area contributed by atoms with Crippen LogP contribution in [0.4, 0.5) is 29.3 Å². The Hall–Kier alpha value is -3.11. The highest BCUT2D eigenvalue weighted by Gasteiger charge is 2.29. The number of amides is 1. The zero-order valence-electron chi connectivity index (χ0n) is 18.0. The molecule has 2 aromatic rings. The van der Waals surface area contributed by atoms with Crippen LogP contribution in [-0.4, -0.2) is 61.9 Å². The molecule has 0 radical (unpaired) electrons. The molecule has 7 nitrogen and oxygen atoms in total. The maximum atomic E-state index is 14.2. The maximum Gasteiger partial charge on any atom is 0.405 e. The van der Waals surface area contributed by atoms with E-state index in [1.54, 1.807) is 48.2 Å². The normalized spacial score (nSPS) is 17.2. The average Bonchev–Trinajstić information content (AvgIpc) is 3.19. The number of halogens is 4. The van der Waals surface area contributed by atoms with E-state index in [0.29, 0.717) is 36.8 Å². The second-order valence-electron chi connectivity index (χ2n) is 7.83. The third-order valence-corrected chi connectivity index (χ3v) is 5.10.